The number of carboxylic acid groups (broad SMARTS) is 1. The molecule has 1 N–H and O–H groups in total. The molecular formula is C23H25ClN6O3S. The van der Waals surface area contributed by atoms with Crippen LogP contribution < -0.4 is 0 Å². The van der Waals surface area contributed by atoms with Crippen LogP contribution in [0.4, 0.5) is 0 Å². The van der Waals surface area contributed by atoms with Crippen LogP contribution in [0.25, 0.3) is 11.0 Å². The highest BCUT2D eigenvalue weighted by molar-refractivity contribution is 7.89. The summed E-state index contributed by atoms with van der Waals surface area (Å²) in [7, 11) is 5.36. The Morgan fingerprint density at radius 1 is 1.21 bits per heavy atom. The van der Waals surface area contributed by atoms with Gasteiger partial charge in [0.05, 0.1) is 35.5 Å². The van der Waals surface area contributed by atoms with Crippen LogP contribution in [0.15, 0.2) is 47.5 Å². The highest BCUT2D eigenvalue weighted by Crippen LogP contribution is 2.33. The fourth-order valence-corrected chi connectivity index (χ4v) is 5.22. The number of fused-ring (bicyclic) bond motifs is 1. The van der Waals surface area contributed by atoms with E-state index in [2.05, 4.69) is 15.4 Å². The predicted octanol–water partition coefficient (Wildman–Crippen LogP) is 3.42. The van der Waals surface area contributed by atoms with Crippen molar-refractivity contribution in [2.75, 3.05) is 7.05 Å². The van der Waals surface area contributed by atoms with E-state index < -0.39 is 23.2 Å². The number of benzene rings is 2. The molecule has 0 spiro atoms. The number of rotatable bonds is 8. The zero-order valence-electron chi connectivity index (χ0n) is 19.3. The molecule has 0 radical (unpaired) electrons. The first-order chi connectivity index (χ1) is 16.2. The van der Waals surface area contributed by atoms with E-state index in [9.17, 15) is 14.5 Å². The molecular weight excluding hydrogens is 476 g/mol. The molecule has 0 aliphatic heterocycles. The van der Waals surface area contributed by atoms with Crippen LogP contribution in [-0.2, 0) is 36.8 Å². The van der Waals surface area contributed by atoms with Gasteiger partial charge >= 0.3 is 5.97 Å². The number of carboxylic acids is 1. The van der Waals surface area contributed by atoms with E-state index in [1.54, 1.807) is 40.0 Å². The smallest absolute Gasteiger partial charge is 0.304 e. The number of hydrogen-bond donors (Lipinski definition) is 1. The van der Waals surface area contributed by atoms with Crippen molar-refractivity contribution in [3.63, 3.8) is 0 Å². The lowest BCUT2D eigenvalue weighted by Gasteiger charge is -2.22. The molecule has 2 aromatic heterocycles. The summed E-state index contributed by atoms with van der Waals surface area (Å²) in [6.45, 7) is 2.18. The Hall–Kier alpha value is -2.92. The van der Waals surface area contributed by atoms with Crippen molar-refractivity contribution >= 4 is 40.0 Å². The summed E-state index contributed by atoms with van der Waals surface area (Å²) in [6, 6.07) is 11.1. The van der Waals surface area contributed by atoms with Gasteiger partial charge in [0.1, 0.15) is 11.7 Å². The van der Waals surface area contributed by atoms with E-state index in [0.29, 0.717) is 22.0 Å². The van der Waals surface area contributed by atoms with Gasteiger partial charge in [0.15, 0.2) is 0 Å². The Morgan fingerprint density at radius 3 is 2.59 bits per heavy atom. The van der Waals surface area contributed by atoms with Crippen LogP contribution in [-0.4, -0.2) is 51.8 Å². The topological polar surface area (TPSA) is 112 Å². The molecule has 0 saturated carbocycles. The predicted molar refractivity (Wildman–Crippen MR) is 130 cm³/mol. The average Bonchev–Trinajstić information content (AvgIpc) is 3.34. The van der Waals surface area contributed by atoms with Gasteiger partial charge in [0, 0.05) is 32.1 Å². The Morgan fingerprint density at radius 2 is 1.91 bits per heavy atom. The minimum atomic E-state index is -1.42. The first-order valence-corrected chi connectivity index (χ1v) is 12.0. The highest BCUT2D eigenvalue weighted by Gasteiger charge is 2.25. The van der Waals surface area contributed by atoms with Crippen molar-refractivity contribution in [2.45, 2.75) is 30.7 Å². The third kappa shape index (κ3) is 4.80. The van der Waals surface area contributed by atoms with Crippen LogP contribution in [0.2, 0.25) is 5.02 Å². The maximum absolute atomic E-state index is 13.1. The molecule has 0 amide bonds. The maximum Gasteiger partial charge on any atom is 0.304 e. The summed E-state index contributed by atoms with van der Waals surface area (Å²) in [5.41, 5.74) is 4.78. The van der Waals surface area contributed by atoms with Crippen molar-refractivity contribution in [3.05, 3.63) is 70.0 Å². The van der Waals surface area contributed by atoms with E-state index >= 15 is 0 Å². The number of aromatic nitrogens is 5. The first-order valence-electron chi connectivity index (χ1n) is 10.6. The van der Waals surface area contributed by atoms with E-state index in [4.69, 9.17) is 11.6 Å². The molecule has 9 nitrogen and oxygen atoms in total. The summed E-state index contributed by atoms with van der Waals surface area (Å²) in [5, 5.41) is 22.5. The van der Waals surface area contributed by atoms with Gasteiger partial charge in [-0.1, -0.05) is 35.0 Å². The van der Waals surface area contributed by atoms with Crippen LogP contribution >= 0.6 is 11.6 Å². The molecule has 2 heterocycles. The van der Waals surface area contributed by atoms with Crippen molar-refractivity contribution < 1.29 is 14.5 Å². The van der Waals surface area contributed by atoms with Gasteiger partial charge in [-0.2, -0.15) is 5.10 Å². The standard InChI is InChI=1S/C23H25ClN6O3S/c1-14-22(12-25-29(14)3)34(33)28(2)13-17-9-15(5-7-19(17)24)18(11-23(31)32)16-6-8-21-20(10-16)26-27-30(21)4/h5-10,12,18H,11,13H2,1-4H3,(H,31,32). The quantitative estimate of drug-likeness (QED) is 0.369. The molecule has 34 heavy (non-hydrogen) atoms. The molecule has 4 rings (SSSR count). The van der Waals surface area contributed by atoms with Gasteiger partial charge in [0.2, 0.25) is 4.90 Å². The Kier molecular flexibility index (Phi) is 6.94. The van der Waals surface area contributed by atoms with Crippen LogP contribution in [0.3, 0.4) is 0 Å². The van der Waals surface area contributed by atoms with Gasteiger partial charge in [-0.05, 0) is 41.8 Å². The molecule has 0 bridgehead atoms. The number of aryl methyl sites for hydroxylation is 2. The van der Waals surface area contributed by atoms with Crippen LogP contribution in [0.5, 0.6) is 0 Å². The summed E-state index contributed by atoms with van der Waals surface area (Å²) < 4.78 is 18.1. The summed E-state index contributed by atoms with van der Waals surface area (Å²) in [5.74, 6) is -1.32. The second-order valence-electron chi connectivity index (χ2n) is 8.22. The highest BCUT2D eigenvalue weighted by atomic mass is 35.5. The maximum atomic E-state index is 13.1. The third-order valence-corrected chi connectivity index (χ3v) is 7.78. The molecule has 0 aliphatic rings. The van der Waals surface area contributed by atoms with Gasteiger partial charge in [-0.3, -0.25) is 9.48 Å². The molecule has 0 aliphatic carbocycles. The van der Waals surface area contributed by atoms with E-state index in [-0.39, 0.29) is 6.42 Å². The summed E-state index contributed by atoms with van der Waals surface area (Å²) >= 11 is 5.06. The second kappa shape index (κ2) is 9.75. The lowest BCUT2D eigenvalue weighted by molar-refractivity contribution is -0.137. The summed E-state index contributed by atoms with van der Waals surface area (Å²) in [6.07, 6.45) is 1.51. The number of aliphatic carboxylic acids is 1. The van der Waals surface area contributed by atoms with E-state index in [0.717, 1.165) is 27.9 Å². The van der Waals surface area contributed by atoms with Crippen molar-refractivity contribution in [1.82, 2.24) is 29.1 Å². The van der Waals surface area contributed by atoms with E-state index in [1.807, 2.05) is 44.3 Å². The van der Waals surface area contributed by atoms with Gasteiger partial charge in [-0.25, -0.2) is 4.68 Å². The number of carbonyl (C=O) groups is 1. The normalized spacial score (nSPS) is 13.5. The first kappa shape index (κ1) is 24.2. The molecule has 2 aromatic carbocycles. The lowest BCUT2D eigenvalue weighted by atomic mass is 9.87. The van der Waals surface area contributed by atoms with Gasteiger partial charge < -0.3 is 9.66 Å². The number of halogens is 1. The molecule has 0 fully saturated rings. The monoisotopic (exact) mass is 500 g/mol. The largest absolute Gasteiger partial charge is 0.593 e. The Bertz CT molecular complexity index is 1350. The van der Waals surface area contributed by atoms with Crippen molar-refractivity contribution in [2.24, 2.45) is 14.1 Å². The van der Waals surface area contributed by atoms with Gasteiger partial charge in [0.25, 0.3) is 0 Å². The second-order valence-corrected chi connectivity index (χ2v) is 10.2. The zero-order chi connectivity index (χ0) is 24.6. The SMILES string of the molecule is Cc1c([S+]([O-])N(C)Cc2cc(C(CC(=O)O)c3ccc4c(c3)nnn4C)ccc2Cl)cnn1C. The summed E-state index contributed by atoms with van der Waals surface area (Å²) in [4.78, 5) is 12.4. The lowest BCUT2D eigenvalue weighted by Crippen LogP contribution is -2.27. The third-order valence-electron chi connectivity index (χ3n) is 5.94. The minimum absolute atomic E-state index is 0.0938. The fourth-order valence-electron chi connectivity index (χ4n) is 3.93. The Labute approximate surface area is 205 Å². The van der Waals surface area contributed by atoms with Crippen LogP contribution in [0, 0.1) is 6.92 Å². The molecule has 178 valence electrons. The van der Waals surface area contributed by atoms with E-state index in [1.165, 1.54) is 0 Å². The van der Waals surface area contributed by atoms with Crippen molar-refractivity contribution in [3.8, 4) is 0 Å². The molecule has 2 unspecified atom stereocenters. The number of nitrogens with zero attached hydrogens (tertiary/aromatic N) is 6. The van der Waals surface area contributed by atoms with Crippen LogP contribution in [0.1, 0.15) is 34.7 Å². The zero-order valence-corrected chi connectivity index (χ0v) is 20.8. The molecule has 2 atom stereocenters. The van der Waals surface area contributed by atoms with Gasteiger partial charge in [-0.15, -0.1) is 9.40 Å². The number of hydrogen-bond acceptors (Lipinski definition) is 6. The minimum Gasteiger partial charge on any atom is -0.593 e. The average molecular weight is 501 g/mol. The Balaban J connectivity index is 1.65. The molecule has 11 heteroatoms. The molecule has 0 saturated heterocycles. The van der Waals surface area contributed by atoms with Crippen molar-refractivity contribution in [1.29, 1.82) is 0 Å². The fraction of sp³-hybridized carbons (Fsp3) is 0.304. The molecule has 4 aromatic rings.